The number of carbonyl (C=O) groups is 2. The van der Waals surface area contributed by atoms with Gasteiger partial charge in [0.2, 0.25) is 0 Å². The smallest absolute Gasteiger partial charge is 0.321 e. The number of hydrogen-bond donors (Lipinski definition) is 2. The molecule has 0 aliphatic carbocycles. The average molecular weight is 196 g/mol. The van der Waals surface area contributed by atoms with Crippen molar-refractivity contribution in [2.75, 3.05) is 0 Å². The summed E-state index contributed by atoms with van der Waals surface area (Å²) in [5, 5.41) is 34.0. The minimum atomic E-state index is -1.48. The second-order valence-electron chi connectivity index (χ2n) is 2.75. The molecule has 0 saturated heterocycles. The molecule has 0 radical (unpaired) electrons. The summed E-state index contributed by atoms with van der Waals surface area (Å²) >= 11 is 0. The first-order chi connectivity index (χ1) is 6.45. The highest BCUT2D eigenvalue weighted by molar-refractivity contribution is 5.77. The Kier molecular flexibility index (Phi) is 4.11. The van der Waals surface area contributed by atoms with Gasteiger partial charge in [-0.3, -0.25) is 9.59 Å². The maximum Gasteiger partial charge on any atom is 0.321 e. The van der Waals surface area contributed by atoms with Gasteiger partial charge in [-0.15, -0.1) is 0 Å². The number of hydrogen-bond acceptors (Lipinski definition) is 4. The van der Waals surface area contributed by atoms with Gasteiger partial charge in [0.1, 0.15) is 11.8 Å². The molecular weight excluding hydrogens is 188 g/mol. The van der Waals surface area contributed by atoms with E-state index in [1.54, 1.807) is 0 Å². The van der Waals surface area contributed by atoms with E-state index >= 15 is 0 Å². The lowest BCUT2D eigenvalue weighted by molar-refractivity contribution is -0.145. The maximum atomic E-state index is 10.5. The molecule has 6 nitrogen and oxygen atoms in total. The largest absolute Gasteiger partial charge is 0.480 e. The molecular formula is C8H8N2O4. The standard InChI is InChI=1S/C8H8N2O4/c1-4(5(2-9)7(11)12)6(3-10)8(13)14/h4-6H,1H3,(H,11,12)(H,13,14). The third kappa shape index (κ3) is 2.46. The van der Waals surface area contributed by atoms with Crippen LogP contribution in [0.5, 0.6) is 0 Å². The van der Waals surface area contributed by atoms with Gasteiger partial charge < -0.3 is 10.2 Å². The molecule has 74 valence electrons. The molecule has 2 atom stereocenters. The van der Waals surface area contributed by atoms with Crippen LogP contribution in [0.1, 0.15) is 6.92 Å². The first-order valence-electron chi connectivity index (χ1n) is 3.70. The molecule has 0 heterocycles. The van der Waals surface area contributed by atoms with Gasteiger partial charge >= 0.3 is 11.9 Å². The van der Waals surface area contributed by atoms with Crippen molar-refractivity contribution in [3.05, 3.63) is 0 Å². The molecule has 14 heavy (non-hydrogen) atoms. The number of carboxylic acid groups (broad SMARTS) is 2. The summed E-state index contributed by atoms with van der Waals surface area (Å²) in [6.07, 6.45) is 0. The van der Waals surface area contributed by atoms with Gasteiger partial charge in [-0.1, -0.05) is 6.92 Å². The summed E-state index contributed by atoms with van der Waals surface area (Å²) in [7, 11) is 0. The molecule has 2 N–H and O–H groups in total. The molecule has 0 spiro atoms. The first-order valence-corrected chi connectivity index (χ1v) is 3.70. The van der Waals surface area contributed by atoms with Crippen LogP contribution in [0.25, 0.3) is 0 Å². The zero-order valence-corrected chi connectivity index (χ0v) is 7.34. The van der Waals surface area contributed by atoms with Crippen molar-refractivity contribution in [2.24, 2.45) is 17.8 Å². The highest BCUT2D eigenvalue weighted by Crippen LogP contribution is 2.20. The summed E-state index contributed by atoms with van der Waals surface area (Å²) in [5.41, 5.74) is 0. The molecule has 0 amide bonds. The summed E-state index contributed by atoms with van der Waals surface area (Å²) in [5.74, 6) is -6.82. The molecule has 0 rings (SSSR count). The molecule has 0 bridgehead atoms. The fraction of sp³-hybridized carbons (Fsp3) is 0.500. The summed E-state index contributed by atoms with van der Waals surface area (Å²) in [6, 6.07) is 2.91. The highest BCUT2D eigenvalue weighted by atomic mass is 16.4. The minimum Gasteiger partial charge on any atom is -0.480 e. The summed E-state index contributed by atoms with van der Waals surface area (Å²) < 4.78 is 0. The monoisotopic (exact) mass is 196 g/mol. The number of nitriles is 2. The molecule has 0 saturated carbocycles. The van der Waals surface area contributed by atoms with Gasteiger partial charge in [0.05, 0.1) is 12.1 Å². The zero-order chi connectivity index (χ0) is 11.3. The lowest BCUT2D eigenvalue weighted by Crippen LogP contribution is -2.30. The van der Waals surface area contributed by atoms with Gasteiger partial charge in [0.15, 0.2) is 0 Å². The van der Waals surface area contributed by atoms with E-state index < -0.39 is 29.7 Å². The van der Waals surface area contributed by atoms with Gasteiger partial charge in [-0.05, 0) is 0 Å². The Balaban J connectivity index is 4.84. The molecule has 0 aromatic heterocycles. The van der Waals surface area contributed by atoms with Crippen LogP contribution in [0, 0.1) is 40.4 Å². The van der Waals surface area contributed by atoms with Crippen LogP contribution in [0.15, 0.2) is 0 Å². The topological polar surface area (TPSA) is 122 Å². The number of rotatable bonds is 4. The number of carboxylic acids is 2. The molecule has 0 aliphatic rings. The van der Waals surface area contributed by atoms with Crippen molar-refractivity contribution < 1.29 is 19.8 Å². The van der Waals surface area contributed by atoms with E-state index in [1.165, 1.54) is 19.1 Å². The van der Waals surface area contributed by atoms with E-state index in [1.807, 2.05) is 0 Å². The number of nitrogens with zero attached hydrogens (tertiary/aromatic N) is 2. The Bertz CT molecular complexity index is 293. The SMILES string of the molecule is CC(C(C#N)C(=O)O)C(C#N)C(=O)O. The van der Waals surface area contributed by atoms with E-state index in [-0.39, 0.29) is 0 Å². The van der Waals surface area contributed by atoms with Gasteiger partial charge in [0.25, 0.3) is 0 Å². The predicted octanol–water partition coefficient (Wildman–Crippen LogP) is 0.0713. The lowest BCUT2D eigenvalue weighted by Gasteiger charge is -2.15. The van der Waals surface area contributed by atoms with Crippen LogP contribution in [0.2, 0.25) is 0 Å². The average Bonchev–Trinajstić information content (AvgIpc) is 2.04. The van der Waals surface area contributed by atoms with E-state index in [4.69, 9.17) is 20.7 Å². The van der Waals surface area contributed by atoms with Crippen molar-refractivity contribution in [3.8, 4) is 12.1 Å². The second-order valence-corrected chi connectivity index (χ2v) is 2.75. The summed E-state index contributed by atoms with van der Waals surface area (Å²) in [4.78, 5) is 21.0. The minimum absolute atomic E-state index is 1.04. The fourth-order valence-electron chi connectivity index (χ4n) is 0.988. The van der Waals surface area contributed by atoms with Crippen molar-refractivity contribution in [1.82, 2.24) is 0 Å². The second kappa shape index (κ2) is 4.83. The lowest BCUT2D eigenvalue weighted by atomic mass is 9.84. The third-order valence-corrected chi connectivity index (χ3v) is 1.86. The Morgan fingerprint density at radius 1 is 1.07 bits per heavy atom. The fourth-order valence-corrected chi connectivity index (χ4v) is 0.988. The predicted molar refractivity (Wildman–Crippen MR) is 42.6 cm³/mol. The quantitative estimate of drug-likeness (QED) is 0.655. The van der Waals surface area contributed by atoms with E-state index in [0.717, 1.165) is 0 Å². The normalized spacial score (nSPS) is 15.6. The molecule has 0 aromatic rings. The maximum absolute atomic E-state index is 10.5. The number of aliphatic carboxylic acids is 2. The van der Waals surface area contributed by atoms with Gasteiger partial charge in [0, 0.05) is 5.92 Å². The van der Waals surface area contributed by atoms with Crippen LogP contribution in [0.4, 0.5) is 0 Å². The molecule has 6 heteroatoms. The van der Waals surface area contributed by atoms with Crippen LogP contribution < -0.4 is 0 Å². The van der Waals surface area contributed by atoms with E-state index in [2.05, 4.69) is 0 Å². The van der Waals surface area contributed by atoms with E-state index in [0.29, 0.717) is 0 Å². The van der Waals surface area contributed by atoms with Crippen molar-refractivity contribution in [1.29, 1.82) is 10.5 Å². The molecule has 2 unspecified atom stereocenters. The van der Waals surface area contributed by atoms with Crippen LogP contribution >= 0.6 is 0 Å². The van der Waals surface area contributed by atoms with E-state index in [9.17, 15) is 9.59 Å². The van der Waals surface area contributed by atoms with Crippen molar-refractivity contribution in [3.63, 3.8) is 0 Å². The van der Waals surface area contributed by atoms with Crippen LogP contribution in [0.3, 0.4) is 0 Å². The molecule has 0 fully saturated rings. The van der Waals surface area contributed by atoms with Gasteiger partial charge in [-0.2, -0.15) is 10.5 Å². The van der Waals surface area contributed by atoms with Crippen LogP contribution in [-0.4, -0.2) is 22.2 Å². The summed E-state index contributed by atoms with van der Waals surface area (Å²) in [6.45, 7) is 1.25. The third-order valence-electron chi connectivity index (χ3n) is 1.86. The Hall–Kier alpha value is -2.08. The Labute approximate surface area is 80.0 Å². The first kappa shape index (κ1) is 11.9. The van der Waals surface area contributed by atoms with Gasteiger partial charge in [-0.25, -0.2) is 0 Å². The Morgan fingerprint density at radius 2 is 1.36 bits per heavy atom. The highest BCUT2D eigenvalue weighted by Gasteiger charge is 2.35. The molecule has 0 aliphatic heterocycles. The van der Waals surface area contributed by atoms with Crippen molar-refractivity contribution in [2.45, 2.75) is 6.92 Å². The van der Waals surface area contributed by atoms with Crippen molar-refractivity contribution >= 4 is 11.9 Å². The Morgan fingerprint density at radius 3 is 1.50 bits per heavy atom. The van der Waals surface area contributed by atoms with Crippen LogP contribution in [-0.2, 0) is 9.59 Å². The molecule has 0 aromatic carbocycles. The zero-order valence-electron chi connectivity index (χ0n) is 7.34.